The van der Waals surface area contributed by atoms with Gasteiger partial charge in [0.25, 0.3) is 0 Å². The number of carbonyl (C=O) groups excluding carboxylic acids is 1. The van der Waals surface area contributed by atoms with Gasteiger partial charge in [-0.25, -0.2) is 0 Å². The third-order valence-corrected chi connectivity index (χ3v) is 3.12. The molecule has 0 aromatic heterocycles. The molecule has 1 saturated carbocycles. The van der Waals surface area contributed by atoms with Crippen molar-refractivity contribution >= 4 is 11.9 Å². The van der Waals surface area contributed by atoms with Crippen molar-refractivity contribution < 1.29 is 14.7 Å². The molecule has 1 atom stereocenters. The summed E-state index contributed by atoms with van der Waals surface area (Å²) >= 11 is 0. The summed E-state index contributed by atoms with van der Waals surface area (Å²) in [6.07, 6.45) is 3.91. The third-order valence-electron chi connectivity index (χ3n) is 3.12. The number of hydrogen-bond acceptors (Lipinski definition) is 2. The zero-order chi connectivity index (χ0) is 11.4. The highest BCUT2D eigenvalue weighted by Gasteiger charge is 2.26. The molecule has 4 nitrogen and oxygen atoms in total. The Morgan fingerprint density at radius 2 is 1.80 bits per heavy atom. The molecule has 1 aliphatic rings. The lowest BCUT2D eigenvalue weighted by Crippen LogP contribution is -2.42. The van der Waals surface area contributed by atoms with E-state index in [1.54, 1.807) is 0 Å². The summed E-state index contributed by atoms with van der Waals surface area (Å²) in [6.45, 7) is 3.68. The minimum Gasteiger partial charge on any atom is -0.480 e. The molecule has 0 unspecified atom stereocenters. The highest BCUT2D eigenvalue weighted by atomic mass is 16.4. The van der Waals surface area contributed by atoms with Crippen LogP contribution in [0, 0.1) is 11.8 Å². The van der Waals surface area contributed by atoms with Crippen LogP contribution in [0.15, 0.2) is 0 Å². The first-order valence-corrected chi connectivity index (χ1v) is 5.54. The van der Waals surface area contributed by atoms with Crippen LogP contribution in [0.2, 0.25) is 0 Å². The van der Waals surface area contributed by atoms with Crippen molar-refractivity contribution in [2.75, 3.05) is 0 Å². The molecule has 1 fully saturated rings. The number of rotatable bonds is 3. The molecule has 86 valence electrons. The zero-order valence-corrected chi connectivity index (χ0v) is 9.32. The van der Waals surface area contributed by atoms with Crippen LogP contribution in [0.3, 0.4) is 0 Å². The summed E-state index contributed by atoms with van der Waals surface area (Å²) in [5, 5.41) is 11.2. The van der Waals surface area contributed by atoms with E-state index in [0.717, 1.165) is 25.7 Å². The van der Waals surface area contributed by atoms with Crippen molar-refractivity contribution in [3.05, 3.63) is 0 Å². The summed E-state index contributed by atoms with van der Waals surface area (Å²) in [6, 6.07) is -0.781. The van der Waals surface area contributed by atoms with Gasteiger partial charge in [0.15, 0.2) is 0 Å². The Morgan fingerprint density at radius 3 is 2.27 bits per heavy atom. The molecular formula is C11H19NO3. The van der Waals surface area contributed by atoms with Gasteiger partial charge >= 0.3 is 5.97 Å². The van der Waals surface area contributed by atoms with Gasteiger partial charge in [-0.2, -0.15) is 0 Å². The minimum absolute atomic E-state index is 0.0167. The number of aliphatic carboxylic acids is 1. The van der Waals surface area contributed by atoms with Gasteiger partial charge in [0.1, 0.15) is 6.04 Å². The third kappa shape index (κ3) is 3.53. The molecule has 1 amide bonds. The molecule has 0 aliphatic heterocycles. The number of amides is 1. The van der Waals surface area contributed by atoms with Gasteiger partial charge in [0.2, 0.25) is 5.91 Å². The van der Waals surface area contributed by atoms with Crippen molar-refractivity contribution in [3.63, 3.8) is 0 Å². The van der Waals surface area contributed by atoms with Gasteiger partial charge in [0.05, 0.1) is 0 Å². The fourth-order valence-electron chi connectivity index (χ4n) is 1.92. The minimum atomic E-state index is -0.979. The van der Waals surface area contributed by atoms with Crippen LogP contribution >= 0.6 is 0 Å². The predicted octanol–water partition coefficient (Wildman–Crippen LogP) is 1.40. The summed E-state index contributed by atoms with van der Waals surface area (Å²) in [5.74, 6) is -0.363. The molecule has 0 aromatic carbocycles. The lowest BCUT2D eigenvalue weighted by atomic mass is 9.82. The molecule has 4 heteroatoms. The van der Waals surface area contributed by atoms with Crippen LogP contribution in [0.1, 0.15) is 39.5 Å². The van der Waals surface area contributed by atoms with Crippen molar-refractivity contribution in [2.24, 2.45) is 11.8 Å². The molecular weight excluding hydrogens is 194 g/mol. The number of hydrogen-bond donors (Lipinski definition) is 2. The summed E-state index contributed by atoms with van der Waals surface area (Å²) in [4.78, 5) is 22.2. The molecule has 0 bridgehead atoms. The topological polar surface area (TPSA) is 66.4 Å². The predicted molar refractivity (Wildman–Crippen MR) is 56.4 cm³/mol. The molecule has 1 aliphatic carbocycles. The van der Waals surface area contributed by atoms with E-state index in [2.05, 4.69) is 12.2 Å². The molecule has 1 rings (SSSR count). The quantitative estimate of drug-likeness (QED) is 0.744. The lowest BCUT2D eigenvalue weighted by Gasteiger charge is -2.25. The molecule has 0 heterocycles. The van der Waals surface area contributed by atoms with Crippen molar-refractivity contribution in [1.29, 1.82) is 0 Å². The monoisotopic (exact) mass is 213 g/mol. The van der Waals surface area contributed by atoms with Gasteiger partial charge in [-0.05, 0) is 38.5 Å². The average Bonchev–Trinajstić information content (AvgIpc) is 2.18. The van der Waals surface area contributed by atoms with E-state index in [1.165, 1.54) is 6.92 Å². The van der Waals surface area contributed by atoms with E-state index in [-0.39, 0.29) is 11.8 Å². The Balaban J connectivity index is 2.37. The molecule has 2 N–H and O–H groups in total. The molecule has 0 saturated heterocycles. The van der Waals surface area contributed by atoms with Crippen molar-refractivity contribution in [3.8, 4) is 0 Å². The van der Waals surface area contributed by atoms with Crippen molar-refractivity contribution in [1.82, 2.24) is 5.32 Å². The number of carboxylic acid groups (broad SMARTS) is 1. The maximum Gasteiger partial charge on any atom is 0.325 e. The fourth-order valence-corrected chi connectivity index (χ4v) is 1.92. The largest absolute Gasteiger partial charge is 0.480 e. The second kappa shape index (κ2) is 5.14. The van der Waals surface area contributed by atoms with Crippen LogP contribution in [-0.2, 0) is 9.59 Å². The van der Waals surface area contributed by atoms with E-state index in [4.69, 9.17) is 5.11 Å². The summed E-state index contributed by atoms with van der Waals surface area (Å²) in [7, 11) is 0. The Labute approximate surface area is 90.0 Å². The maximum absolute atomic E-state index is 11.6. The van der Waals surface area contributed by atoms with Crippen LogP contribution in [0.25, 0.3) is 0 Å². The highest BCUT2D eigenvalue weighted by molar-refractivity contribution is 5.84. The van der Waals surface area contributed by atoms with E-state index in [0.29, 0.717) is 5.92 Å². The van der Waals surface area contributed by atoms with Crippen LogP contribution in [0.4, 0.5) is 0 Å². The maximum atomic E-state index is 11.6. The number of carboxylic acids is 1. The van der Waals surface area contributed by atoms with Gasteiger partial charge in [-0.1, -0.05) is 6.92 Å². The zero-order valence-electron chi connectivity index (χ0n) is 9.32. The highest BCUT2D eigenvalue weighted by Crippen LogP contribution is 2.28. The SMILES string of the molecule is CC1CCC(C(=O)N[C@@H](C)C(=O)O)CC1. The van der Waals surface area contributed by atoms with E-state index in [9.17, 15) is 9.59 Å². The molecule has 0 spiro atoms. The van der Waals surface area contributed by atoms with Gasteiger partial charge in [0, 0.05) is 5.92 Å². The Morgan fingerprint density at radius 1 is 1.27 bits per heavy atom. The first-order valence-electron chi connectivity index (χ1n) is 5.54. The normalized spacial score (nSPS) is 28.1. The molecule has 15 heavy (non-hydrogen) atoms. The number of nitrogens with one attached hydrogen (secondary N) is 1. The van der Waals surface area contributed by atoms with Crippen LogP contribution in [0.5, 0.6) is 0 Å². The Kier molecular flexibility index (Phi) is 4.12. The summed E-state index contributed by atoms with van der Waals surface area (Å²) < 4.78 is 0. The van der Waals surface area contributed by atoms with Gasteiger partial charge in [-0.3, -0.25) is 9.59 Å². The second-order valence-corrected chi connectivity index (χ2v) is 4.53. The van der Waals surface area contributed by atoms with Gasteiger partial charge < -0.3 is 10.4 Å². The summed E-state index contributed by atoms with van der Waals surface area (Å²) in [5.41, 5.74) is 0. The van der Waals surface area contributed by atoms with Crippen molar-refractivity contribution in [2.45, 2.75) is 45.6 Å². The average molecular weight is 213 g/mol. The smallest absolute Gasteiger partial charge is 0.325 e. The van der Waals surface area contributed by atoms with Crippen LogP contribution < -0.4 is 5.32 Å². The lowest BCUT2D eigenvalue weighted by molar-refractivity contribution is -0.142. The van der Waals surface area contributed by atoms with E-state index < -0.39 is 12.0 Å². The molecule has 0 radical (unpaired) electrons. The van der Waals surface area contributed by atoms with Gasteiger partial charge in [-0.15, -0.1) is 0 Å². The Bertz CT molecular complexity index is 244. The first kappa shape index (κ1) is 12.0. The fraction of sp³-hybridized carbons (Fsp3) is 0.818. The second-order valence-electron chi connectivity index (χ2n) is 4.53. The number of carbonyl (C=O) groups is 2. The standard InChI is InChI=1S/C11H19NO3/c1-7-3-5-9(6-4-7)10(13)12-8(2)11(14)15/h7-9H,3-6H2,1-2H3,(H,12,13)(H,14,15)/t7?,8-,9?/m0/s1. The van der Waals surface area contributed by atoms with Crippen LogP contribution in [-0.4, -0.2) is 23.0 Å². The van der Waals surface area contributed by atoms with E-state index in [1.807, 2.05) is 0 Å². The Hall–Kier alpha value is -1.06. The van der Waals surface area contributed by atoms with E-state index >= 15 is 0 Å². The molecule has 0 aromatic rings. The first-order chi connectivity index (χ1) is 7.00.